The minimum absolute atomic E-state index is 0.338. The van der Waals surface area contributed by atoms with E-state index in [1.807, 2.05) is 32.9 Å². The van der Waals surface area contributed by atoms with E-state index in [9.17, 15) is 14.4 Å². The molecule has 1 N–H and O–H groups in total. The lowest BCUT2D eigenvalue weighted by atomic mass is 10.0. The second-order valence-electron chi connectivity index (χ2n) is 4.89. The molecule has 0 saturated carbocycles. The summed E-state index contributed by atoms with van der Waals surface area (Å²) < 4.78 is 0. The predicted molar refractivity (Wildman–Crippen MR) is 77.2 cm³/mol. The van der Waals surface area contributed by atoms with E-state index >= 15 is 0 Å². The summed E-state index contributed by atoms with van der Waals surface area (Å²) in [4.78, 5) is 36.2. The number of imide groups is 1. The number of amides is 2. The maximum absolute atomic E-state index is 12.3. The molecule has 0 radical (unpaired) electrons. The van der Waals surface area contributed by atoms with E-state index in [-0.39, 0.29) is 6.42 Å². The third-order valence-corrected chi connectivity index (χ3v) is 4.18. The number of hydrogen-bond acceptors (Lipinski definition) is 4. The summed E-state index contributed by atoms with van der Waals surface area (Å²) >= 11 is 0.783. The number of hydrogen-bond donors (Lipinski definition) is 1. The summed E-state index contributed by atoms with van der Waals surface area (Å²) in [5, 5.41) is 7.55. The van der Waals surface area contributed by atoms with Gasteiger partial charge in [0.2, 0.25) is 5.91 Å². The minimum atomic E-state index is -1.08. The maximum Gasteiger partial charge on any atom is 0.305 e. The Kier molecular flexibility index (Phi) is 3.85. The predicted octanol–water partition coefficient (Wildman–Crippen LogP) is 2.65. The zero-order chi connectivity index (χ0) is 15.0. The highest BCUT2D eigenvalue weighted by Crippen LogP contribution is 2.37. The molecule has 1 atom stereocenters. The molecular formula is C14H15NO4S. The summed E-state index contributed by atoms with van der Waals surface area (Å²) in [6, 6.07) is 3.80. The molecule has 106 valence electrons. The number of carboxylic acid groups (broad SMARTS) is 1. The standard InChI is InChI=1S/C14H15NO4S/c1-7-4-8(2)12(9(3)5-7)15-13(18)10(6-11(16)17)20-14(15)19/h4-5,10H,6H2,1-3H3,(H,16,17)/t10-/m0/s1. The van der Waals surface area contributed by atoms with Crippen molar-refractivity contribution < 1.29 is 19.5 Å². The van der Waals surface area contributed by atoms with E-state index in [4.69, 9.17) is 5.11 Å². The van der Waals surface area contributed by atoms with Crippen LogP contribution in [0.4, 0.5) is 10.5 Å². The number of carbonyl (C=O) groups is 3. The third kappa shape index (κ3) is 2.56. The monoisotopic (exact) mass is 293 g/mol. The number of carbonyl (C=O) groups excluding carboxylic acids is 2. The van der Waals surface area contributed by atoms with Crippen LogP contribution in [0.1, 0.15) is 23.1 Å². The van der Waals surface area contributed by atoms with Crippen LogP contribution in [0.25, 0.3) is 0 Å². The average Bonchev–Trinajstić information content (AvgIpc) is 2.54. The molecule has 6 heteroatoms. The van der Waals surface area contributed by atoms with E-state index in [0.29, 0.717) is 5.69 Å². The molecule has 1 aliphatic rings. The van der Waals surface area contributed by atoms with Crippen LogP contribution in [0, 0.1) is 20.8 Å². The van der Waals surface area contributed by atoms with E-state index in [1.54, 1.807) is 0 Å². The van der Waals surface area contributed by atoms with Crippen LogP contribution in [0.5, 0.6) is 0 Å². The van der Waals surface area contributed by atoms with Gasteiger partial charge in [-0.3, -0.25) is 14.4 Å². The lowest BCUT2D eigenvalue weighted by Gasteiger charge is -2.19. The lowest BCUT2D eigenvalue weighted by Crippen LogP contribution is -2.33. The highest BCUT2D eigenvalue weighted by Gasteiger charge is 2.42. The molecule has 1 heterocycles. The number of anilines is 1. The largest absolute Gasteiger partial charge is 0.481 e. The molecule has 20 heavy (non-hydrogen) atoms. The number of nitrogens with zero attached hydrogens (tertiary/aromatic N) is 1. The Hall–Kier alpha value is -1.82. The topological polar surface area (TPSA) is 74.7 Å². The van der Waals surface area contributed by atoms with Crippen molar-refractivity contribution in [3.05, 3.63) is 28.8 Å². The first-order valence-corrected chi connectivity index (χ1v) is 7.03. The van der Waals surface area contributed by atoms with Crippen molar-refractivity contribution in [1.82, 2.24) is 0 Å². The molecule has 5 nitrogen and oxygen atoms in total. The fourth-order valence-electron chi connectivity index (χ4n) is 2.47. The fourth-order valence-corrected chi connectivity index (χ4v) is 3.44. The second kappa shape index (κ2) is 5.28. The van der Waals surface area contributed by atoms with Gasteiger partial charge in [0.15, 0.2) is 0 Å². The Balaban J connectivity index is 2.41. The first-order chi connectivity index (χ1) is 9.31. The third-order valence-electron chi connectivity index (χ3n) is 3.14. The molecule has 0 spiro atoms. The smallest absolute Gasteiger partial charge is 0.305 e. The van der Waals surface area contributed by atoms with Gasteiger partial charge in [-0.15, -0.1) is 0 Å². The normalized spacial score (nSPS) is 18.8. The average molecular weight is 293 g/mol. The second-order valence-corrected chi connectivity index (χ2v) is 6.05. The van der Waals surface area contributed by atoms with Crippen LogP contribution in [-0.2, 0) is 9.59 Å². The van der Waals surface area contributed by atoms with E-state index in [0.717, 1.165) is 33.4 Å². The van der Waals surface area contributed by atoms with E-state index in [2.05, 4.69) is 0 Å². The Morgan fingerprint density at radius 1 is 1.25 bits per heavy atom. The van der Waals surface area contributed by atoms with Crippen molar-refractivity contribution in [1.29, 1.82) is 0 Å². The van der Waals surface area contributed by atoms with Crippen LogP contribution in [0.2, 0.25) is 0 Å². The van der Waals surface area contributed by atoms with Crippen molar-refractivity contribution in [2.24, 2.45) is 0 Å². The molecular weight excluding hydrogens is 278 g/mol. The van der Waals surface area contributed by atoms with Crippen molar-refractivity contribution in [3.8, 4) is 0 Å². The molecule has 1 saturated heterocycles. The molecule has 2 amide bonds. The molecule has 0 unspecified atom stereocenters. The van der Waals surface area contributed by atoms with Crippen molar-refractivity contribution in [2.45, 2.75) is 32.4 Å². The molecule has 1 fully saturated rings. The summed E-state index contributed by atoms with van der Waals surface area (Å²) in [5.74, 6) is -1.53. The van der Waals surface area contributed by atoms with Gasteiger partial charge in [-0.1, -0.05) is 17.7 Å². The first kappa shape index (κ1) is 14.6. The summed E-state index contributed by atoms with van der Waals surface area (Å²) in [6.45, 7) is 5.62. The zero-order valence-corrected chi connectivity index (χ0v) is 12.3. The fraction of sp³-hybridized carbons (Fsp3) is 0.357. The number of benzene rings is 1. The number of aryl methyl sites for hydroxylation is 3. The number of aliphatic carboxylic acids is 1. The Morgan fingerprint density at radius 2 is 1.80 bits per heavy atom. The number of rotatable bonds is 3. The summed E-state index contributed by atoms with van der Waals surface area (Å²) in [6.07, 6.45) is -0.338. The van der Waals surface area contributed by atoms with Crippen LogP contribution in [0.3, 0.4) is 0 Å². The van der Waals surface area contributed by atoms with Crippen LogP contribution < -0.4 is 4.90 Å². The van der Waals surface area contributed by atoms with Gasteiger partial charge in [-0.2, -0.15) is 0 Å². The SMILES string of the molecule is Cc1cc(C)c(N2C(=O)S[C@@H](CC(=O)O)C2=O)c(C)c1. The van der Waals surface area contributed by atoms with Gasteiger partial charge in [0.1, 0.15) is 5.25 Å². The van der Waals surface area contributed by atoms with Crippen LogP contribution in [-0.4, -0.2) is 27.5 Å². The van der Waals surface area contributed by atoms with Gasteiger partial charge < -0.3 is 5.11 Å². The van der Waals surface area contributed by atoms with Gasteiger partial charge in [-0.05, 0) is 43.7 Å². The molecule has 0 aromatic heterocycles. The summed E-state index contributed by atoms with van der Waals surface area (Å²) in [5.41, 5.74) is 3.30. The highest BCUT2D eigenvalue weighted by molar-refractivity contribution is 8.15. The van der Waals surface area contributed by atoms with E-state index in [1.165, 1.54) is 0 Å². The minimum Gasteiger partial charge on any atom is -0.481 e. The molecule has 0 bridgehead atoms. The number of thioether (sulfide) groups is 1. The molecule has 0 aliphatic carbocycles. The van der Waals surface area contributed by atoms with E-state index < -0.39 is 22.4 Å². The first-order valence-electron chi connectivity index (χ1n) is 6.15. The summed E-state index contributed by atoms with van der Waals surface area (Å²) in [7, 11) is 0. The molecule has 2 rings (SSSR count). The Labute approximate surface area is 121 Å². The van der Waals surface area contributed by atoms with Gasteiger partial charge in [-0.25, -0.2) is 4.90 Å². The Morgan fingerprint density at radius 3 is 2.30 bits per heavy atom. The van der Waals surface area contributed by atoms with Gasteiger partial charge in [0, 0.05) is 0 Å². The number of carboxylic acids is 1. The molecule has 1 aromatic rings. The molecule has 1 aliphatic heterocycles. The van der Waals surface area contributed by atoms with Gasteiger partial charge in [0.25, 0.3) is 5.24 Å². The highest BCUT2D eigenvalue weighted by atomic mass is 32.2. The Bertz CT molecular complexity index is 588. The maximum atomic E-state index is 12.3. The van der Waals surface area contributed by atoms with Crippen molar-refractivity contribution in [2.75, 3.05) is 4.90 Å². The lowest BCUT2D eigenvalue weighted by molar-refractivity contribution is -0.138. The van der Waals surface area contributed by atoms with Crippen LogP contribution in [0.15, 0.2) is 12.1 Å². The van der Waals surface area contributed by atoms with Crippen molar-refractivity contribution in [3.63, 3.8) is 0 Å². The quantitative estimate of drug-likeness (QED) is 0.927. The van der Waals surface area contributed by atoms with Gasteiger partial charge >= 0.3 is 5.97 Å². The van der Waals surface area contributed by atoms with Crippen molar-refractivity contribution >= 4 is 34.6 Å². The zero-order valence-electron chi connectivity index (χ0n) is 11.5. The molecule has 1 aromatic carbocycles. The van der Waals surface area contributed by atoms with Gasteiger partial charge in [0.05, 0.1) is 12.1 Å². The van der Waals surface area contributed by atoms with Crippen LogP contribution >= 0.6 is 11.8 Å².